The third kappa shape index (κ3) is 3.89. The highest BCUT2D eigenvalue weighted by Crippen LogP contribution is 2.32. The largest absolute Gasteiger partial charge is 0.495 e. The number of benzene rings is 2. The zero-order valence-corrected chi connectivity index (χ0v) is 17.2. The molecule has 0 fully saturated rings. The van der Waals surface area contributed by atoms with Crippen LogP contribution >= 0.6 is 0 Å². The Hall–Kier alpha value is -2.05. The lowest BCUT2D eigenvalue weighted by atomic mass is 9.92. The quantitative estimate of drug-likeness (QED) is 0.725. The number of nitrogens with zero attached hydrogens (tertiary/aromatic N) is 1. The van der Waals surface area contributed by atoms with Crippen LogP contribution < -0.4 is 14.4 Å². The number of nitrogens with one attached hydrogen (secondary N) is 1. The van der Waals surface area contributed by atoms with E-state index in [1.807, 2.05) is 12.1 Å². The third-order valence-corrected chi connectivity index (χ3v) is 7.28. The minimum absolute atomic E-state index is 0.266. The van der Waals surface area contributed by atoms with Gasteiger partial charge in [0.05, 0.1) is 7.11 Å². The summed E-state index contributed by atoms with van der Waals surface area (Å²) in [7, 11) is -2.05. The third-order valence-electron chi connectivity index (χ3n) is 5.80. The second kappa shape index (κ2) is 8.13. The van der Waals surface area contributed by atoms with Crippen LogP contribution in [-0.2, 0) is 29.3 Å². The van der Waals surface area contributed by atoms with Gasteiger partial charge in [-0.3, -0.25) is 0 Å². The fourth-order valence-corrected chi connectivity index (χ4v) is 5.58. The summed E-state index contributed by atoms with van der Waals surface area (Å²) in [5.41, 5.74) is 5.01. The van der Waals surface area contributed by atoms with Gasteiger partial charge in [-0.2, -0.15) is 0 Å². The maximum atomic E-state index is 12.9. The maximum absolute atomic E-state index is 12.9. The normalized spacial score (nSPS) is 16.0. The molecule has 1 aliphatic carbocycles. The van der Waals surface area contributed by atoms with E-state index in [1.54, 1.807) is 0 Å². The second-order valence-electron chi connectivity index (χ2n) is 7.60. The van der Waals surface area contributed by atoms with Crippen LogP contribution in [-0.4, -0.2) is 35.2 Å². The van der Waals surface area contributed by atoms with Crippen molar-refractivity contribution < 1.29 is 13.2 Å². The molecule has 0 aromatic heterocycles. The van der Waals surface area contributed by atoms with Crippen molar-refractivity contribution in [2.24, 2.45) is 0 Å². The van der Waals surface area contributed by atoms with Crippen LogP contribution in [0.1, 0.15) is 36.0 Å². The van der Waals surface area contributed by atoms with E-state index in [2.05, 4.69) is 33.9 Å². The molecule has 2 aromatic rings. The van der Waals surface area contributed by atoms with Gasteiger partial charge < -0.3 is 9.64 Å². The fraction of sp³-hybridized carbons (Fsp3) is 0.455. The molecular formula is C22H28N2O3S. The molecule has 0 amide bonds. The molecule has 1 aliphatic heterocycles. The first-order chi connectivity index (χ1) is 13.6. The van der Waals surface area contributed by atoms with Crippen LogP contribution in [0.15, 0.2) is 41.3 Å². The molecular weight excluding hydrogens is 372 g/mol. The van der Waals surface area contributed by atoms with Gasteiger partial charge in [0.15, 0.2) is 0 Å². The number of fused-ring (bicyclic) bond motifs is 2. The van der Waals surface area contributed by atoms with Crippen molar-refractivity contribution in [2.75, 3.05) is 31.6 Å². The summed E-state index contributed by atoms with van der Waals surface area (Å²) in [6.07, 6.45) is 6.03. The van der Waals surface area contributed by atoms with Crippen molar-refractivity contribution in [2.45, 2.75) is 43.4 Å². The first kappa shape index (κ1) is 19.3. The molecule has 0 bridgehead atoms. The smallest absolute Gasteiger partial charge is 0.244 e. The van der Waals surface area contributed by atoms with Gasteiger partial charge in [-0.15, -0.1) is 0 Å². The molecule has 0 atom stereocenters. The van der Waals surface area contributed by atoms with Crippen molar-refractivity contribution in [1.82, 2.24) is 4.72 Å². The molecule has 0 unspecified atom stereocenters. The summed E-state index contributed by atoms with van der Waals surface area (Å²) in [4.78, 5) is 2.60. The Kier molecular flexibility index (Phi) is 5.60. The highest BCUT2D eigenvalue weighted by atomic mass is 32.2. The number of ether oxygens (including phenoxy) is 1. The van der Waals surface area contributed by atoms with Gasteiger partial charge in [-0.1, -0.05) is 18.2 Å². The fourth-order valence-electron chi connectivity index (χ4n) is 4.30. The Labute approximate surface area is 167 Å². The van der Waals surface area contributed by atoms with E-state index in [0.717, 1.165) is 57.2 Å². The van der Waals surface area contributed by atoms with Crippen LogP contribution in [0.4, 0.5) is 5.69 Å². The molecule has 2 aromatic carbocycles. The first-order valence-corrected chi connectivity index (χ1v) is 11.6. The zero-order valence-electron chi connectivity index (χ0n) is 16.4. The Balaban J connectivity index is 1.40. The van der Waals surface area contributed by atoms with Crippen LogP contribution in [0.25, 0.3) is 0 Å². The second-order valence-corrected chi connectivity index (χ2v) is 9.33. The van der Waals surface area contributed by atoms with Gasteiger partial charge >= 0.3 is 0 Å². The predicted molar refractivity (Wildman–Crippen MR) is 112 cm³/mol. The lowest BCUT2D eigenvalue weighted by molar-refractivity contribution is 0.401. The molecule has 4 rings (SSSR count). The summed E-state index contributed by atoms with van der Waals surface area (Å²) in [5.74, 6) is 0.446. The molecule has 6 heteroatoms. The lowest BCUT2D eigenvalue weighted by Crippen LogP contribution is -2.29. The average Bonchev–Trinajstić information content (AvgIpc) is 3.13. The van der Waals surface area contributed by atoms with Gasteiger partial charge in [0.1, 0.15) is 10.6 Å². The standard InChI is InChI=1S/C22H28N2O3S/c1-27-21-15-18-8-2-3-9-19(18)16-22(21)28(25,26)23-12-6-13-24-14-11-17-7-4-5-10-20(17)24/h4-5,7,10,15-16,23H,2-3,6,8-9,11-14H2,1H3. The molecule has 0 saturated heterocycles. The molecule has 0 saturated carbocycles. The van der Waals surface area contributed by atoms with Gasteiger partial charge in [-0.05, 0) is 73.4 Å². The number of aryl methyl sites for hydroxylation is 2. The minimum Gasteiger partial charge on any atom is -0.495 e. The van der Waals surface area contributed by atoms with Crippen LogP contribution in [0.3, 0.4) is 0 Å². The van der Waals surface area contributed by atoms with E-state index in [0.29, 0.717) is 12.3 Å². The Morgan fingerprint density at radius 1 is 1.04 bits per heavy atom. The monoisotopic (exact) mass is 400 g/mol. The molecule has 2 aliphatic rings. The van der Waals surface area contributed by atoms with Crippen LogP contribution in [0.2, 0.25) is 0 Å². The van der Waals surface area contributed by atoms with E-state index in [-0.39, 0.29) is 4.90 Å². The zero-order chi connectivity index (χ0) is 19.6. The summed E-state index contributed by atoms with van der Waals surface area (Å²) in [5, 5.41) is 0. The van der Waals surface area contributed by atoms with Gasteiger partial charge in [0.25, 0.3) is 0 Å². The molecule has 0 radical (unpaired) electrons. The van der Waals surface area contributed by atoms with Crippen LogP contribution in [0.5, 0.6) is 5.75 Å². The van der Waals surface area contributed by atoms with E-state index >= 15 is 0 Å². The Bertz CT molecular complexity index is 956. The summed E-state index contributed by atoms with van der Waals surface area (Å²) in [6, 6.07) is 12.2. The number of sulfonamides is 1. The number of anilines is 1. The van der Waals surface area contributed by atoms with Crippen LogP contribution in [0, 0.1) is 0 Å². The Morgan fingerprint density at radius 3 is 2.57 bits per heavy atom. The first-order valence-electron chi connectivity index (χ1n) is 10.1. The summed E-state index contributed by atoms with van der Waals surface area (Å²) >= 11 is 0. The molecule has 1 N–H and O–H groups in total. The van der Waals surface area contributed by atoms with E-state index in [4.69, 9.17) is 4.74 Å². The Morgan fingerprint density at radius 2 is 1.79 bits per heavy atom. The van der Waals surface area contributed by atoms with E-state index in [1.165, 1.54) is 23.9 Å². The van der Waals surface area contributed by atoms with Gasteiger partial charge in [-0.25, -0.2) is 13.1 Å². The topological polar surface area (TPSA) is 58.6 Å². The highest BCUT2D eigenvalue weighted by molar-refractivity contribution is 7.89. The van der Waals surface area contributed by atoms with Crippen molar-refractivity contribution in [3.63, 3.8) is 0 Å². The molecule has 0 spiro atoms. The SMILES string of the molecule is COc1cc2c(cc1S(=O)(=O)NCCCN1CCc3ccccc31)CCCC2. The summed E-state index contributed by atoms with van der Waals surface area (Å²) < 4.78 is 33.9. The molecule has 150 valence electrons. The van der Waals surface area contributed by atoms with E-state index in [9.17, 15) is 8.42 Å². The average molecular weight is 401 g/mol. The predicted octanol–water partition coefficient (Wildman–Crippen LogP) is 3.31. The van der Waals surface area contributed by atoms with Crippen molar-refractivity contribution in [3.8, 4) is 5.75 Å². The highest BCUT2D eigenvalue weighted by Gasteiger charge is 2.23. The van der Waals surface area contributed by atoms with Crippen molar-refractivity contribution in [3.05, 3.63) is 53.1 Å². The molecule has 1 heterocycles. The van der Waals surface area contributed by atoms with Crippen molar-refractivity contribution in [1.29, 1.82) is 0 Å². The van der Waals surface area contributed by atoms with E-state index < -0.39 is 10.0 Å². The van der Waals surface area contributed by atoms with Gasteiger partial charge in [0.2, 0.25) is 10.0 Å². The number of rotatable bonds is 7. The summed E-state index contributed by atoms with van der Waals surface area (Å²) in [6.45, 7) is 2.27. The number of para-hydroxylation sites is 1. The number of methoxy groups -OCH3 is 1. The number of hydrogen-bond donors (Lipinski definition) is 1. The van der Waals surface area contributed by atoms with Gasteiger partial charge in [0, 0.05) is 25.3 Å². The van der Waals surface area contributed by atoms with Crippen molar-refractivity contribution >= 4 is 15.7 Å². The maximum Gasteiger partial charge on any atom is 0.244 e. The lowest BCUT2D eigenvalue weighted by Gasteiger charge is -2.20. The number of hydrogen-bond acceptors (Lipinski definition) is 4. The minimum atomic E-state index is -3.59. The molecule has 5 nitrogen and oxygen atoms in total. The molecule has 28 heavy (non-hydrogen) atoms.